The number of carboxylic acids is 1. The van der Waals surface area contributed by atoms with E-state index < -0.39 is 23.7 Å². The highest BCUT2D eigenvalue weighted by Crippen LogP contribution is 2.54. The fourth-order valence-electron chi connectivity index (χ4n) is 4.66. The molecule has 0 fully saturated rings. The van der Waals surface area contributed by atoms with Crippen molar-refractivity contribution in [2.45, 2.75) is 11.8 Å². The van der Waals surface area contributed by atoms with Crippen molar-refractivity contribution in [1.29, 1.82) is 0 Å². The number of phenols is 1. The summed E-state index contributed by atoms with van der Waals surface area (Å²) >= 11 is 0. The molecule has 3 unspecified atom stereocenters. The van der Waals surface area contributed by atoms with Gasteiger partial charge in [-0.15, -0.1) is 0 Å². The van der Waals surface area contributed by atoms with Gasteiger partial charge in [0, 0.05) is 23.7 Å². The Labute approximate surface area is 173 Å². The predicted octanol–water partition coefficient (Wildman–Crippen LogP) is 2.77. The number of hydrogen-bond donors (Lipinski definition) is 1. The van der Waals surface area contributed by atoms with Crippen molar-refractivity contribution < 1.29 is 29.2 Å². The topological polar surface area (TPSA) is 88.1 Å². The van der Waals surface area contributed by atoms with Gasteiger partial charge >= 0.3 is 0 Å². The summed E-state index contributed by atoms with van der Waals surface area (Å²) in [5.74, 6) is -0.909. The van der Waals surface area contributed by atoms with E-state index in [0.29, 0.717) is 17.2 Å². The second-order valence-corrected chi connectivity index (χ2v) is 7.50. The molecule has 0 spiro atoms. The SMILES string of the molecule is COc1ccc(C2c3cc(O)ccc3C(c3ccc4c(c3)OCO4)C2C(=O)[O-])cc1. The molecule has 3 atom stereocenters. The summed E-state index contributed by atoms with van der Waals surface area (Å²) in [6, 6.07) is 17.8. The van der Waals surface area contributed by atoms with Crippen molar-refractivity contribution >= 4 is 5.97 Å². The Bertz CT molecular complexity index is 1120. The third kappa shape index (κ3) is 2.84. The first-order valence-corrected chi connectivity index (χ1v) is 9.64. The fraction of sp³-hybridized carbons (Fsp3) is 0.208. The monoisotopic (exact) mass is 403 g/mol. The third-order valence-electron chi connectivity index (χ3n) is 5.96. The van der Waals surface area contributed by atoms with Gasteiger partial charge in [-0.25, -0.2) is 0 Å². The molecule has 6 heteroatoms. The van der Waals surface area contributed by atoms with Crippen LogP contribution in [0.4, 0.5) is 0 Å². The van der Waals surface area contributed by atoms with Gasteiger partial charge in [-0.3, -0.25) is 0 Å². The summed E-state index contributed by atoms with van der Waals surface area (Å²) in [5, 5.41) is 22.6. The number of methoxy groups -OCH3 is 1. The number of aromatic hydroxyl groups is 1. The second kappa shape index (κ2) is 6.99. The van der Waals surface area contributed by atoms with Gasteiger partial charge in [0.2, 0.25) is 6.79 Å². The molecule has 152 valence electrons. The lowest BCUT2D eigenvalue weighted by Gasteiger charge is -2.27. The van der Waals surface area contributed by atoms with Gasteiger partial charge in [0.05, 0.1) is 7.11 Å². The van der Waals surface area contributed by atoms with Crippen molar-refractivity contribution in [2.75, 3.05) is 13.9 Å². The lowest BCUT2D eigenvalue weighted by atomic mass is 9.79. The molecule has 0 bridgehead atoms. The van der Waals surface area contributed by atoms with E-state index in [1.807, 2.05) is 24.3 Å². The van der Waals surface area contributed by atoms with Gasteiger partial charge in [0.25, 0.3) is 0 Å². The van der Waals surface area contributed by atoms with E-state index in [1.54, 1.807) is 43.5 Å². The summed E-state index contributed by atoms with van der Waals surface area (Å²) in [7, 11) is 1.58. The minimum atomic E-state index is -1.14. The largest absolute Gasteiger partial charge is 0.550 e. The molecule has 1 N–H and O–H groups in total. The summed E-state index contributed by atoms with van der Waals surface area (Å²) in [6.45, 7) is 0.145. The van der Waals surface area contributed by atoms with Gasteiger partial charge in [-0.1, -0.05) is 24.3 Å². The van der Waals surface area contributed by atoms with Crippen molar-refractivity contribution in [3.63, 3.8) is 0 Å². The smallest absolute Gasteiger partial charge is 0.231 e. The first kappa shape index (κ1) is 18.4. The molecule has 0 aromatic heterocycles. The zero-order valence-corrected chi connectivity index (χ0v) is 16.2. The Morgan fingerprint density at radius 1 is 0.933 bits per heavy atom. The number of carbonyl (C=O) groups is 1. The van der Waals surface area contributed by atoms with E-state index in [-0.39, 0.29) is 12.5 Å². The maximum Gasteiger partial charge on any atom is 0.231 e. The van der Waals surface area contributed by atoms with Crippen LogP contribution < -0.4 is 19.3 Å². The average molecular weight is 403 g/mol. The van der Waals surface area contributed by atoms with Gasteiger partial charge in [-0.2, -0.15) is 0 Å². The first-order chi connectivity index (χ1) is 14.6. The molecule has 1 heterocycles. The number of benzene rings is 3. The van der Waals surface area contributed by atoms with Crippen molar-refractivity contribution in [1.82, 2.24) is 0 Å². The summed E-state index contributed by atoms with van der Waals surface area (Å²) in [6.07, 6.45) is 0. The van der Waals surface area contributed by atoms with Crippen LogP contribution in [0.2, 0.25) is 0 Å². The quantitative estimate of drug-likeness (QED) is 0.721. The molecule has 1 aliphatic heterocycles. The lowest BCUT2D eigenvalue weighted by molar-refractivity contribution is -0.312. The molecular formula is C24H19O6-. The van der Waals surface area contributed by atoms with Crippen LogP contribution in [-0.2, 0) is 4.79 Å². The second-order valence-electron chi connectivity index (χ2n) is 7.50. The van der Waals surface area contributed by atoms with Crippen molar-refractivity contribution in [3.05, 3.63) is 82.9 Å². The van der Waals surface area contributed by atoms with Crippen LogP contribution in [0.5, 0.6) is 23.0 Å². The Kier molecular flexibility index (Phi) is 4.28. The minimum absolute atomic E-state index is 0.0932. The molecule has 0 saturated heterocycles. The Hall–Kier alpha value is -3.67. The summed E-state index contributed by atoms with van der Waals surface area (Å²) in [4.78, 5) is 12.4. The average Bonchev–Trinajstić information content (AvgIpc) is 3.35. The van der Waals surface area contributed by atoms with Gasteiger partial charge < -0.3 is 29.2 Å². The van der Waals surface area contributed by atoms with E-state index in [0.717, 1.165) is 22.3 Å². The molecule has 6 nitrogen and oxygen atoms in total. The number of carboxylic acid groups (broad SMARTS) is 1. The first-order valence-electron chi connectivity index (χ1n) is 9.64. The molecular weight excluding hydrogens is 384 g/mol. The van der Waals surface area contributed by atoms with Gasteiger partial charge in [0.1, 0.15) is 11.5 Å². The zero-order chi connectivity index (χ0) is 20.8. The highest BCUT2D eigenvalue weighted by Gasteiger charge is 2.43. The molecule has 3 aromatic carbocycles. The van der Waals surface area contributed by atoms with Gasteiger partial charge in [-0.05, 0) is 58.7 Å². The molecule has 0 radical (unpaired) electrons. The van der Waals surface area contributed by atoms with Crippen LogP contribution in [0.1, 0.15) is 34.1 Å². The van der Waals surface area contributed by atoms with E-state index in [2.05, 4.69) is 0 Å². The molecule has 3 aromatic rings. The fourth-order valence-corrected chi connectivity index (χ4v) is 4.66. The number of rotatable bonds is 4. The molecule has 1 aliphatic carbocycles. The number of fused-ring (bicyclic) bond motifs is 2. The maximum atomic E-state index is 12.4. The number of aliphatic carboxylic acids is 1. The number of ether oxygens (including phenoxy) is 3. The van der Waals surface area contributed by atoms with Gasteiger partial charge in [0.15, 0.2) is 11.5 Å². The number of carbonyl (C=O) groups excluding carboxylic acids is 1. The minimum Gasteiger partial charge on any atom is -0.550 e. The third-order valence-corrected chi connectivity index (χ3v) is 5.96. The normalized spacial score (nSPS) is 21.3. The Balaban J connectivity index is 1.68. The van der Waals surface area contributed by atoms with Crippen LogP contribution >= 0.6 is 0 Å². The predicted molar refractivity (Wildman–Crippen MR) is 106 cm³/mol. The lowest BCUT2D eigenvalue weighted by Crippen LogP contribution is -2.36. The van der Waals surface area contributed by atoms with E-state index in [9.17, 15) is 15.0 Å². The van der Waals surface area contributed by atoms with Crippen LogP contribution in [0, 0.1) is 5.92 Å². The van der Waals surface area contributed by atoms with Crippen molar-refractivity contribution in [3.8, 4) is 23.0 Å². The van der Waals surface area contributed by atoms with Crippen LogP contribution in [-0.4, -0.2) is 25.0 Å². The molecule has 0 saturated carbocycles. The number of hydrogen-bond acceptors (Lipinski definition) is 6. The van der Waals surface area contributed by atoms with E-state index in [4.69, 9.17) is 14.2 Å². The number of phenolic OH excluding ortho intramolecular Hbond substituents is 1. The summed E-state index contributed by atoms with van der Waals surface area (Å²) < 4.78 is 16.1. The Morgan fingerprint density at radius 3 is 2.37 bits per heavy atom. The van der Waals surface area contributed by atoms with Crippen LogP contribution in [0.3, 0.4) is 0 Å². The maximum absolute atomic E-state index is 12.4. The molecule has 0 amide bonds. The zero-order valence-electron chi connectivity index (χ0n) is 16.2. The van der Waals surface area contributed by atoms with E-state index in [1.165, 1.54) is 0 Å². The molecule has 5 rings (SSSR count). The highest BCUT2D eigenvalue weighted by atomic mass is 16.7. The van der Waals surface area contributed by atoms with Crippen molar-refractivity contribution in [2.24, 2.45) is 5.92 Å². The van der Waals surface area contributed by atoms with E-state index >= 15 is 0 Å². The van der Waals surface area contributed by atoms with Crippen LogP contribution in [0.15, 0.2) is 60.7 Å². The highest BCUT2D eigenvalue weighted by molar-refractivity contribution is 5.76. The standard InChI is InChI=1S/C24H20O6/c1-28-16-6-2-13(3-7-16)21-18-11-15(25)5-8-17(18)22(23(21)24(26)27)14-4-9-19-20(10-14)30-12-29-19/h2-11,21-23,25H,12H2,1H3,(H,26,27)/p-1. The van der Waals surface area contributed by atoms with Crippen LogP contribution in [0.25, 0.3) is 0 Å². The molecule has 30 heavy (non-hydrogen) atoms. The summed E-state index contributed by atoms with van der Waals surface area (Å²) in [5.41, 5.74) is 3.25. The Morgan fingerprint density at radius 2 is 1.63 bits per heavy atom. The molecule has 2 aliphatic rings.